The highest BCUT2D eigenvalue weighted by atomic mass is 16.1. The summed E-state index contributed by atoms with van der Waals surface area (Å²) in [5.74, 6) is 0.310. The number of anilines is 1. The standard InChI is InChI=1S/C14H21N5O/c1-5-10-12(15)11(6-2)19(17-10)13-14(20)18(9(3)4)8-7-16-13/h7-9H,5-6,15H2,1-4H3. The van der Waals surface area contributed by atoms with Gasteiger partial charge in [-0.15, -0.1) is 0 Å². The number of aromatic nitrogens is 4. The van der Waals surface area contributed by atoms with Gasteiger partial charge in [0.2, 0.25) is 5.82 Å². The Morgan fingerprint density at radius 2 is 2.00 bits per heavy atom. The Hall–Kier alpha value is -2.11. The molecule has 0 aliphatic heterocycles. The van der Waals surface area contributed by atoms with Crippen LogP contribution in [0.5, 0.6) is 0 Å². The molecule has 0 bridgehead atoms. The third kappa shape index (κ3) is 2.21. The Kier molecular flexibility index (Phi) is 3.92. The fourth-order valence-corrected chi connectivity index (χ4v) is 2.26. The van der Waals surface area contributed by atoms with Gasteiger partial charge in [-0.2, -0.15) is 5.10 Å². The molecule has 2 N–H and O–H groups in total. The van der Waals surface area contributed by atoms with Crippen molar-refractivity contribution in [2.45, 2.75) is 46.6 Å². The van der Waals surface area contributed by atoms with Crippen LogP contribution in [0.4, 0.5) is 5.69 Å². The van der Waals surface area contributed by atoms with Crippen LogP contribution in [0.1, 0.15) is 45.1 Å². The highest BCUT2D eigenvalue weighted by Gasteiger charge is 2.18. The van der Waals surface area contributed by atoms with Gasteiger partial charge in [-0.3, -0.25) is 4.79 Å². The molecule has 6 heteroatoms. The van der Waals surface area contributed by atoms with Crippen molar-refractivity contribution in [3.63, 3.8) is 0 Å². The minimum atomic E-state index is -0.151. The summed E-state index contributed by atoms with van der Waals surface area (Å²) in [4.78, 5) is 16.7. The van der Waals surface area contributed by atoms with Crippen molar-refractivity contribution < 1.29 is 0 Å². The van der Waals surface area contributed by atoms with E-state index < -0.39 is 0 Å². The van der Waals surface area contributed by atoms with E-state index in [2.05, 4.69) is 10.1 Å². The van der Waals surface area contributed by atoms with E-state index in [0.29, 0.717) is 17.9 Å². The van der Waals surface area contributed by atoms with Crippen LogP contribution in [0.15, 0.2) is 17.2 Å². The van der Waals surface area contributed by atoms with Crippen LogP contribution in [-0.4, -0.2) is 19.3 Å². The Morgan fingerprint density at radius 3 is 2.55 bits per heavy atom. The number of nitrogens with zero attached hydrogens (tertiary/aromatic N) is 4. The molecule has 0 aliphatic carbocycles. The molecule has 0 saturated heterocycles. The van der Waals surface area contributed by atoms with Crippen LogP contribution in [0.2, 0.25) is 0 Å². The van der Waals surface area contributed by atoms with Crippen LogP contribution in [0.25, 0.3) is 5.82 Å². The molecule has 2 rings (SSSR count). The Morgan fingerprint density at radius 1 is 1.30 bits per heavy atom. The summed E-state index contributed by atoms with van der Waals surface area (Å²) in [5, 5.41) is 4.45. The molecule has 2 aromatic heterocycles. The monoisotopic (exact) mass is 275 g/mol. The number of rotatable bonds is 4. The van der Waals surface area contributed by atoms with E-state index in [4.69, 9.17) is 5.73 Å². The molecule has 0 amide bonds. The molecule has 0 unspecified atom stereocenters. The van der Waals surface area contributed by atoms with Crippen LogP contribution >= 0.6 is 0 Å². The zero-order valence-corrected chi connectivity index (χ0v) is 12.4. The zero-order chi connectivity index (χ0) is 14.9. The third-order valence-corrected chi connectivity index (χ3v) is 3.37. The SMILES string of the molecule is CCc1nn(-c2nccn(C(C)C)c2=O)c(CC)c1N. The molecule has 0 saturated carbocycles. The maximum Gasteiger partial charge on any atom is 0.295 e. The van der Waals surface area contributed by atoms with Crippen LogP contribution in [0.3, 0.4) is 0 Å². The van der Waals surface area contributed by atoms with Crippen molar-refractivity contribution in [2.75, 3.05) is 5.73 Å². The number of nitrogens with two attached hydrogens (primary N) is 1. The second-order valence-corrected chi connectivity index (χ2v) is 4.98. The van der Waals surface area contributed by atoms with E-state index in [1.165, 1.54) is 0 Å². The van der Waals surface area contributed by atoms with Gasteiger partial charge < -0.3 is 10.3 Å². The van der Waals surface area contributed by atoms with Crippen LogP contribution in [-0.2, 0) is 12.8 Å². The molecule has 0 spiro atoms. The smallest absolute Gasteiger partial charge is 0.295 e. The van der Waals surface area contributed by atoms with Crippen LogP contribution in [0, 0.1) is 0 Å². The van der Waals surface area contributed by atoms with E-state index in [1.807, 2.05) is 27.7 Å². The Labute approximate surface area is 118 Å². The lowest BCUT2D eigenvalue weighted by Gasteiger charge is -2.11. The quantitative estimate of drug-likeness (QED) is 0.921. The molecule has 2 aromatic rings. The lowest BCUT2D eigenvalue weighted by atomic mass is 10.2. The molecule has 0 aliphatic rings. The second kappa shape index (κ2) is 5.48. The van der Waals surface area contributed by atoms with Gasteiger partial charge >= 0.3 is 0 Å². The van der Waals surface area contributed by atoms with Gasteiger partial charge in [0.05, 0.1) is 17.1 Å². The van der Waals surface area contributed by atoms with Crippen molar-refractivity contribution in [1.82, 2.24) is 19.3 Å². The van der Waals surface area contributed by atoms with E-state index >= 15 is 0 Å². The number of aryl methyl sites for hydroxylation is 1. The van der Waals surface area contributed by atoms with E-state index in [9.17, 15) is 4.79 Å². The average Bonchev–Trinajstić information content (AvgIpc) is 2.74. The molecule has 2 heterocycles. The molecule has 0 atom stereocenters. The van der Waals surface area contributed by atoms with Crippen molar-refractivity contribution in [3.8, 4) is 5.82 Å². The van der Waals surface area contributed by atoms with Gasteiger partial charge in [0, 0.05) is 18.4 Å². The molecule has 0 aromatic carbocycles. The van der Waals surface area contributed by atoms with Gasteiger partial charge in [-0.1, -0.05) is 13.8 Å². The third-order valence-electron chi connectivity index (χ3n) is 3.37. The van der Waals surface area contributed by atoms with Gasteiger partial charge in [0.25, 0.3) is 5.56 Å². The summed E-state index contributed by atoms with van der Waals surface area (Å²) in [7, 11) is 0. The highest BCUT2D eigenvalue weighted by Crippen LogP contribution is 2.20. The number of hydrogen-bond donors (Lipinski definition) is 1. The summed E-state index contributed by atoms with van der Waals surface area (Å²) < 4.78 is 3.24. The normalized spacial score (nSPS) is 11.2. The summed E-state index contributed by atoms with van der Waals surface area (Å²) in [5.41, 5.74) is 8.25. The predicted molar refractivity (Wildman–Crippen MR) is 79.2 cm³/mol. The van der Waals surface area contributed by atoms with Gasteiger partial charge in [0.15, 0.2) is 0 Å². The second-order valence-electron chi connectivity index (χ2n) is 4.98. The first-order chi connectivity index (χ1) is 9.51. The first-order valence-electron chi connectivity index (χ1n) is 6.94. The van der Waals surface area contributed by atoms with Gasteiger partial charge in [0.1, 0.15) is 0 Å². The fraction of sp³-hybridized carbons (Fsp3) is 0.500. The first-order valence-corrected chi connectivity index (χ1v) is 6.94. The molecule has 108 valence electrons. The highest BCUT2D eigenvalue weighted by molar-refractivity contribution is 5.50. The summed E-state index contributed by atoms with van der Waals surface area (Å²) in [6.45, 7) is 7.90. The maximum absolute atomic E-state index is 12.5. The van der Waals surface area contributed by atoms with Crippen molar-refractivity contribution >= 4 is 5.69 Å². The Bertz CT molecular complexity index is 669. The summed E-state index contributed by atoms with van der Waals surface area (Å²) in [6, 6.07) is 0.0767. The lowest BCUT2D eigenvalue weighted by molar-refractivity contribution is 0.565. The first kappa shape index (κ1) is 14.3. The van der Waals surface area contributed by atoms with E-state index in [-0.39, 0.29) is 11.6 Å². The minimum Gasteiger partial charge on any atom is -0.396 e. The topological polar surface area (TPSA) is 78.7 Å². The minimum absolute atomic E-state index is 0.0767. The molecule has 0 radical (unpaired) electrons. The van der Waals surface area contributed by atoms with E-state index in [0.717, 1.165) is 17.8 Å². The van der Waals surface area contributed by atoms with Crippen molar-refractivity contribution in [1.29, 1.82) is 0 Å². The molecule has 6 nitrogen and oxygen atoms in total. The van der Waals surface area contributed by atoms with Crippen molar-refractivity contribution in [2.24, 2.45) is 0 Å². The largest absolute Gasteiger partial charge is 0.396 e. The number of hydrogen-bond acceptors (Lipinski definition) is 4. The molecule has 20 heavy (non-hydrogen) atoms. The Balaban J connectivity index is 2.69. The number of nitrogen functional groups attached to an aromatic ring is 1. The lowest BCUT2D eigenvalue weighted by Crippen LogP contribution is -2.27. The molecular formula is C14H21N5O. The van der Waals surface area contributed by atoms with Crippen LogP contribution < -0.4 is 11.3 Å². The fourth-order valence-electron chi connectivity index (χ4n) is 2.26. The summed E-state index contributed by atoms with van der Waals surface area (Å²) >= 11 is 0. The van der Waals surface area contributed by atoms with Gasteiger partial charge in [-0.25, -0.2) is 9.67 Å². The predicted octanol–water partition coefficient (Wildman–Crippen LogP) is 1.72. The summed E-state index contributed by atoms with van der Waals surface area (Å²) in [6.07, 6.45) is 4.75. The molecule has 0 fully saturated rings. The van der Waals surface area contributed by atoms with Crippen molar-refractivity contribution in [3.05, 3.63) is 34.1 Å². The van der Waals surface area contributed by atoms with Gasteiger partial charge in [-0.05, 0) is 26.7 Å². The van der Waals surface area contributed by atoms with E-state index in [1.54, 1.807) is 21.6 Å². The maximum atomic E-state index is 12.5. The zero-order valence-electron chi connectivity index (χ0n) is 12.4. The average molecular weight is 275 g/mol. The molecular weight excluding hydrogens is 254 g/mol.